The lowest BCUT2D eigenvalue weighted by Gasteiger charge is -2.04. The van der Waals surface area contributed by atoms with Crippen molar-refractivity contribution >= 4 is 70.6 Å². The molecule has 0 bridgehead atoms. The molecule has 0 atom stereocenters. The number of carbonyl (C=O) groups is 2. The van der Waals surface area contributed by atoms with E-state index in [4.69, 9.17) is 0 Å². The molecule has 0 radical (unpaired) electrons. The molecule has 0 aliphatic carbocycles. The van der Waals surface area contributed by atoms with Gasteiger partial charge in [0.15, 0.2) is 20.1 Å². The van der Waals surface area contributed by atoms with E-state index in [9.17, 15) is 18.0 Å². The van der Waals surface area contributed by atoms with Gasteiger partial charge in [-0.2, -0.15) is 0 Å². The van der Waals surface area contributed by atoms with E-state index < -0.39 is 21.8 Å². The first kappa shape index (κ1) is 21.9. The zero-order valence-electron chi connectivity index (χ0n) is 16.9. The van der Waals surface area contributed by atoms with Gasteiger partial charge in [0, 0.05) is 11.9 Å². The molecule has 164 valence electrons. The van der Waals surface area contributed by atoms with Crippen LogP contribution in [0.15, 0.2) is 53.4 Å². The molecule has 0 saturated carbocycles. The van der Waals surface area contributed by atoms with Crippen molar-refractivity contribution in [2.75, 3.05) is 22.2 Å². The minimum atomic E-state index is -3.34. The third-order valence-electron chi connectivity index (χ3n) is 4.26. The van der Waals surface area contributed by atoms with Crippen LogP contribution in [0.25, 0.3) is 10.2 Å². The van der Waals surface area contributed by atoms with Crippen LogP contribution in [-0.4, -0.2) is 36.6 Å². The van der Waals surface area contributed by atoms with E-state index in [2.05, 4.69) is 25.9 Å². The molecule has 4 aromatic rings. The number of para-hydroxylation sites is 1. The van der Waals surface area contributed by atoms with Gasteiger partial charge in [0.05, 0.1) is 20.8 Å². The number of urea groups is 1. The molecule has 0 aliphatic heterocycles. The van der Waals surface area contributed by atoms with Crippen LogP contribution in [0.2, 0.25) is 0 Å². The van der Waals surface area contributed by atoms with E-state index in [1.165, 1.54) is 23.5 Å². The molecule has 0 saturated heterocycles. The molecule has 9 nitrogen and oxygen atoms in total. The van der Waals surface area contributed by atoms with Crippen LogP contribution in [0.4, 0.5) is 20.7 Å². The van der Waals surface area contributed by atoms with Crippen molar-refractivity contribution in [3.63, 3.8) is 0 Å². The van der Waals surface area contributed by atoms with Gasteiger partial charge in [-0.3, -0.25) is 15.4 Å². The molecule has 0 unspecified atom stereocenters. The van der Waals surface area contributed by atoms with Crippen molar-refractivity contribution in [1.29, 1.82) is 0 Å². The van der Waals surface area contributed by atoms with Crippen LogP contribution in [-0.2, 0) is 9.84 Å². The largest absolute Gasteiger partial charge is 0.325 e. The van der Waals surface area contributed by atoms with Gasteiger partial charge in [-0.15, -0.1) is 0 Å². The topological polar surface area (TPSA) is 130 Å². The zero-order chi connectivity index (χ0) is 22.9. The lowest BCUT2D eigenvalue weighted by Crippen LogP contribution is -2.19. The molecule has 0 aliphatic rings. The SMILES string of the molecule is Cc1nc(NC(=O)Nc2ccccc2)sc1C(=O)Nc1nc2ccc(S(C)(=O)=O)cc2s1. The van der Waals surface area contributed by atoms with Gasteiger partial charge in [-0.05, 0) is 37.3 Å². The molecule has 0 fully saturated rings. The molecule has 2 aromatic carbocycles. The molecular weight excluding hydrogens is 470 g/mol. The number of rotatable bonds is 5. The number of anilines is 3. The van der Waals surface area contributed by atoms with Crippen molar-refractivity contribution in [3.05, 3.63) is 59.1 Å². The Labute approximate surface area is 191 Å². The maximum Gasteiger partial charge on any atom is 0.325 e. The predicted molar refractivity (Wildman–Crippen MR) is 127 cm³/mol. The number of sulfone groups is 1. The average Bonchev–Trinajstić information content (AvgIpc) is 3.29. The minimum absolute atomic E-state index is 0.189. The summed E-state index contributed by atoms with van der Waals surface area (Å²) in [6, 6.07) is 13.1. The second kappa shape index (κ2) is 8.65. The van der Waals surface area contributed by atoms with Crippen LogP contribution < -0.4 is 16.0 Å². The molecule has 3 N–H and O–H groups in total. The highest BCUT2D eigenvalue weighted by atomic mass is 32.2. The van der Waals surface area contributed by atoms with E-state index in [0.717, 1.165) is 17.6 Å². The summed E-state index contributed by atoms with van der Waals surface area (Å²) in [6.07, 6.45) is 1.14. The monoisotopic (exact) mass is 487 g/mol. The fourth-order valence-electron chi connectivity index (χ4n) is 2.78. The lowest BCUT2D eigenvalue weighted by atomic mass is 10.3. The Morgan fingerprint density at radius 2 is 1.62 bits per heavy atom. The van der Waals surface area contributed by atoms with Gasteiger partial charge in [0.1, 0.15) is 4.88 Å². The number of hydrogen-bond donors (Lipinski definition) is 3. The number of nitrogens with one attached hydrogen (secondary N) is 3. The highest BCUT2D eigenvalue weighted by molar-refractivity contribution is 7.90. The quantitative estimate of drug-likeness (QED) is 0.383. The van der Waals surface area contributed by atoms with E-state index in [-0.39, 0.29) is 10.0 Å². The third-order valence-corrected chi connectivity index (χ3v) is 7.38. The number of carbonyl (C=O) groups excluding carboxylic acids is 2. The van der Waals surface area contributed by atoms with E-state index >= 15 is 0 Å². The number of fused-ring (bicyclic) bond motifs is 1. The molecule has 0 spiro atoms. The number of hydrogen-bond acceptors (Lipinski definition) is 8. The molecule has 4 rings (SSSR count). The van der Waals surface area contributed by atoms with Gasteiger partial charge in [-0.1, -0.05) is 40.9 Å². The van der Waals surface area contributed by atoms with Gasteiger partial charge >= 0.3 is 6.03 Å². The summed E-state index contributed by atoms with van der Waals surface area (Å²) in [6.45, 7) is 1.67. The summed E-state index contributed by atoms with van der Waals surface area (Å²) in [5, 5.41) is 8.63. The Kier molecular flexibility index (Phi) is 5.91. The predicted octanol–water partition coefficient (Wildman–Crippen LogP) is 4.36. The second-order valence-electron chi connectivity index (χ2n) is 6.75. The third kappa shape index (κ3) is 4.93. The van der Waals surface area contributed by atoms with Gasteiger partial charge in [0.2, 0.25) is 0 Å². The first-order chi connectivity index (χ1) is 15.2. The highest BCUT2D eigenvalue weighted by Gasteiger charge is 2.19. The van der Waals surface area contributed by atoms with E-state index in [0.29, 0.717) is 31.6 Å². The van der Waals surface area contributed by atoms with Crippen molar-refractivity contribution in [2.45, 2.75) is 11.8 Å². The summed E-state index contributed by atoms with van der Waals surface area (Å²) >= 11 is 2.21. The number of nitrogens with zero attached hydrogens (tertiary/aromatic N) is 2. The molecule has 32 heavy (non-hydrogen) atoms. The fourth-order valence-corrected chi connectivity index (χ4v) is 5.26. The van der Waals surface area contributed by atoms with E-state index in [1.807, 2.05) is 6.07 Å². The molecular formula is C20H17N5O4S3. The Morgan fingerprint density at radius 1 is 0.906 bits per heavy atom. The van der Waals surface area contributed by atoms with Crippen molar-refractivity contribution in [1.82, 2.24) is 9.97 Å². The van der Waals surface area contributed by atoms with Gasteiger partial charge in [-0.25, -0.2) is 23.2 Å². The minimum Gasteiger partial charge on any atom is -0.308 e. The second-order valence-corrected chi connectivity index (χ2v) is 10.8. The molecule has 2 aromatic heterocycles. The summed E-state index contributed by atoms with van der Waals surface area (Å²) < 4.78 is 24.1. The number of thiazole rings is 2. The van der Waals surface area contributed by atoms with Crippen LogP contribution in [0.1, 0.15) is 15.4 Å². The Balaban J connectivity index is 1.47. The van der Waals surface area contributed by atoms with Crippen molar-refractivity contribution in [2.24, 2.45) is 0 Å². The lowest BCUT2D eigenvalue weighted by molar-refractivity contribution is 0.102. The van der Waals surface area contributed by atoms with Crippen LogP contribution >= 0.6 is 22.7 Å². The average molecular weight is 488 g/mol. The summed E-state index contributed by atoms with van der Waals surface area (Å²) in [5.74, 6) is -0.418. The summed E-state index contributed by atoms with van der Waals surface area (Å²) in [5.41, 5.74) is 1.67. The normalized spacial score (nSPS) is 11.3. The van der Waals surface area contributed by atoms with Crippen molar-refractivity contribution in [3.8, 4) is 0 Å². The van der Waals surface area contributed by atoms with Crippen LogP contribution in [0.5, 0.6) is 0 Å². The summed E-state index contributed by atoms with van der Waals surface area (Å²) in [7, 11) is -3.34. The number of benzene rings is 2. The van der Waals surface area contributed by atoms with Gasteiger partial charge in [0.25, 0.3) is 5.91 Å². The van der Waals surface area contributed by atoms with Crippen LogP contribution in [0, 0.1) is 6.92 Å². The molecule has 3 amide bonds. The molecule has 12 heteroatoms. The Hall–Kier alpha value is -3.35. The van der Waals surface area contributed by atoms with Gasteiger partial charge < -0.3 is 5.32 Å². The first-order valence-corrected chi connectivity index (χ1v) is 12.7. The standard InChI is InChI=1S/C20H17N5O4S3/c1-11-16(31-19(21-11)25-18(27)22-12-6-4-3-5-7-12)17(26)24-20-23-14-9-8-13(32(2,28)29)10-15(14)30-20/h3-10H,1-2H3,(H,23,24,26)(H2,21,22,25,27). The number of aryl methyl sites for hydroxylation is 1. The highest BCUT2D eigenvalue weighted by Crippen LogP contribution is 2.30. The first-order valence-electron chi connectivity index (χ1n) is 9.21. The van der Waals surface area contributed by atoms with Crippen LogP contribution in [0.3, 0.4) is 0 Å². The Bertz CT molecular complexity index is 1430. The smallest absolute Gasteiger partial charge is 0.308 e. The van der Waals surface area contributed by atoms with E-state index in [1.54, 1.807) is 37.3 Å². The maximum absolute atomic E-state index is 12.7. The number of amides is 3. The Morgan fingerprint density at radius 3 is 2.34 bits per heavy atom. The van der Waals surface area contributed by atoms with Crippen molar-refractivity contribution < 1.29 is 18.0 Å². The molecule has 2 heterocycles. The maximum atomic E-state index is 12.7. The fraction of sp³-hybridized carbons (Fsp3) is 0.100. The summed E-state index contributed by atoms with van der Waals surface area (Å²) in [4.78, 5) is 34.0. The number of aromatic nitrogens is 2. The zero-order valence-corrected chi connectivity index (χ0v) is 19.3.